The quantitative estimate of drug-likeness (QED) is 0.720. The van der Waals surface area contributed by atoms with Crippen LogP contribution in [0.3, 0.4) is 0 Å². The lowest BCUT2D eigenvalue weighted by Crippen LogP contribution is -2.31. The minimum atomic E-state index is -4.08. The van der Waals surface area contributed by atoms with Crippen molar-refractivity contribution in [3.05, 3.63) is 0 Å². The van der Waals surface area contributed by atoms with Gasteiger partial charge in [0.25, 0.3) is 0 Å². The average Bonchev–Trinajstić information content (AvgIpc) is 2.32. The highest BCUT2D eigenvalue weighted by Gasteiger charge is 2.43. The number of hydrogen-bond acceptors (Lipinski definition) is 2. The summed E-state index contributed by atoms with van der Waals surface area (Å²) in [5.41, 5.74) is 0. The Balaban J connectivity index is 2.36. The van der Waals surface area contributed by atoms with Crippen molar-refractivity contribution in [1.82, 2.24) is 4.90 Å². The van der Waals surface area contributed by atoms with Gasteiger partial charge >= 0.3 is 6.18 Å². The van der Waals surface area contributed by atoms with E-state index in [9.17, 15) is 13.2 Å². The smallest absolute Gasteiger partial charge is 0.392 e. The monoisotopic (exact) mass is 197 g/mol. The van der Waals surface area contributed by atoms with E-state index in [1.165, 1.54) is 0 Å². The van der Waals surface area contributed by atoms with Crippen LogP contribution >= 0.6 is 0 Å². The lowest BCUT2D eigenvalue weighted by atomic mass is 10.1. The van der Waals surface area contributed by atoms with Gasteiger partial charge in [-0.2, -0.15) is 13.2 Å². The molecule has 13 heavy (non-hydrogen) atoms. The van der Waals surface area contributed by atoms with Crippen molar-refractivity contribution < 1.29 is 18.3 Å². The summed E-state index contributed by atoms with van der Waals surface area (Å²) in [5.74, 6) is -1.20. The Morgan fingerprint density at radius 1 is 1.54 bits per heavy atom. The highest BCUT2D eigenvalue weighted by atomic mass is 19.4. The molecule has 0 aliphatic carbocycles. The Bertz CT molecular complexity index is 169. The summed E-state index contributed by atoms with van der Waals surface area (Å²) in [6, 6.07) is 0. The van der Waals surface area contributed by atoms with Crippen molar-refractivity contribution in [1.29, 1.82) is 0 Å². The summed E-state index contributed by atoms with van der Waals surface area (Å²) in [6.07, 6.45) is -4.46. The second kappa shape index (κ2) is 3.84. The molecule has 0 bridgehead atoms. The summed E-state index contributed by atoms with van der Waals surface area (Å²) in [7, 11) is 0. The van der Waals surface area contributed by atoms with Gasteiger partial charge in [0.1, 0.15) is 0 Å². The van der Waals surface area contributed by atoms with Gasteiger partial charge < -0.3 is 10.0 Å². The van der Waals surface area contributed by atoms with Crippen LogP contribution in [0.5, 0.6) is 0 Å². The summed E-state index contributed by atoms with van der Waals surface area (Å²) in [6.45, 7) is 2.40. The van der Waals surface area contributed by atoms with E-state index in [1.807, 2.05) is 0 Å². The number of hydrogen-bond donors (Lipinski definition) is 1. The average molecular weight is 197 g/mol. The summed E-state index contributed by atoms with van der Waals surface area (Å²) < 4.78 is 36.5. The zero-order chi connectivity index (χ0) is 10.1. The van der Waals surface area contributed by atoms with E-state index in [2.05, 4.69) is 0 Å². The van der Waals surface area contributed by atoms with E-state index in [0.717, 1.165) is 0 Å². The molecule has 0 aromatic rings. The van der Waals surface area contributed by atoms with Crippen molar-refractivity contribution >= 4 is 0 Å². The lowest BCUT2D eigenvalue weighted by molar-refractivity contribution is -0.170. The highest BCUT2D eigenvalue weighted by Crippen LogP contribution is 2.33. The van der Waals surface area contributed by atoms with Crippen LogP contribution < -0.4 is 0 Å². The SMILES string of the molecule is CC(O)CN1CCC(C(F)(F)F)C1. The molecule has 2 nitrogen and oxygen atoms in total. The van der Waals surface area contributed by atoms with E-state index < -0.39 is 18.2 Å². The molecule has 2 atom stereocenters. The maximum absolute atomic E-state index is 12.2. The molecule has 1 aliphatic heterocycles. The topological polar surface area (TPSA) is 23.5 Å². The van der Waals surface area contributed by atoms with E-state index >= 15 is 0 Å². The van der Waals surface area contributed by atoms with Crippen molar-refractivity contribution in [2.45, 2.75) is 25.6 Å². The summed E-state index contributed by atoms with van der Waals surface area (Å²) >= 11 is 0. The molecule has 1 rings (SSSR count). The standard InChI is InChI=1S/C8H14F3NO/c1-6(13)4-12-3-2-7(5-12)8(9,10)11/h6-7,13H,2-5H2,1H3. The molecule has 78 valence electrons. The van der Waals surface area contributed by atoms with Crippen LogP contribution in [0.4, 0.5) is 13.2 Å². The van der Waals surface area contributed by atoms with Crippen LogP contribution in [0.15, 0.2) is 0 Å². The minimum Gasteiger partial charge on any atom is -0.392 e. The van der Waals surface area contributed by atoms with Crippen LogP contribution in [0.25, 0.3) is 0 Å². The number of aliphatic hydroxyl groups is 1. The Kier molecular flexibility index (Phi) is 3.18. The zero-order valence-electron chi connectivity index (χ0n) is 7.51. The van der Waals surface area contributed by atoms with Gasteiger partial charge in [-0.05, 0) is 19.9 Å². The first kappa shape index (κ1) is 10.8. The van der Waals surface area contributed by atoms with Gasteiger partial charge in [0.05, 0.1) is 12.0 Å². The van der Waals surface area contributed by atoms with Crippen LogP contribution in [0, 0.1) is 5.92 Å². The second-order valence-corrected chi connectivity index (χ2v) is 3.64. The van der Waals surface area contributed by atoms with Gasteiger partial charge in [0.15, 0.2) is 0 Å². The maximum atomic E-state index is 12.2. The fourth-order valence-corrected chi connectivity index (χ4v) is 1.64. The van der Waals surface area contributed by atoms with E-state index in [0.29, 0.717) is 13.1 Å². The number of nitrogens with zero attached hydrogens (tertiary/aromatic N) is 1. The van der Waals surface area contributed by atoms with Gasteiger partial charge in [-0.15, -0.1) is 0 Å². The Hall–Kier alpha value is -0.290. The first-order valence-electron chi connectivity index (χ1n) is 4.36. The van der Waals surface area contributed by atoms with E-state index in [1.54, 1.807) is 11.8 Å². The van der Waals surface area contributed by atoms with E-state index in [4.69, 9.17) is 5.11 Å². The van der Waals surface area contributed by atoms with Gasteiger partial charge in [0.2, 0.25) is 0 Å². The normalized spacial score (nSPS) is 27.9. The van der Waals surface area contributed by atoms with Crippen molar-refractivity contribution in [3.63, 3.8) is 0 Å². The van der Waals surface area contributed by atoms with Gasteiger partial charge in [0, 0.05) is 13.1 Å². The Morgan fingerprint density at radius 2 is 2.15 bits per heavy atom. The molecule has 0 saturated carbocycles. The van der Waals surface area contributed by atoms with Gasteiger partial charge in [-0.25, -0.2) is 0 Å². The first-order valence-corrected chi connectivity index (χ1v) is 4.36. The summed E-state index contributed by atoms with van der Waals surface area (Å²) in [4.78, 5) is 1.66. The molecule has 0 amide bonds. The highest BCUT2D eigenvalue weighted by molar-refractivity contribution is 4.81. The third kappa shape index (κ3) is 3.15. The van der Waals surface area contributed by atoms with Crippen molar-refractivity contribution in [2.24, 2.45) is 5.92 Å². The zero-order valence-corrected chi connectivity index (χ0v) is 7.51. The lowest BCUT2D eigenvalue weighted by Gasteiger charge is -2.18. The van der Waals surface area contributed by atoms with Crippen molar-refractivity contribution in [2.75, 3.05) is 19.6 Å². The van der Waals surface area contributed by atoms with Crippen molar-refractivity contribution in [3.8, 4) is 0 Å². The number of aliphatic hydroxyl groups excluding tert-OH is 1. The molecule has 1 N–H and O–H groups in total. The van der Waals surface area contributed by atoms with Crippen LogP contribution in [0.1, 0.15) is 13.3 Å². The molecule has 5 heteroatoms. The predicted octanol–water partition coefficient (Wildman–Crippen LogP) is 1.25. The van der Waals surface area contributed by atoms with Crippen LogP contribution in [-0.2, 0) is 0 Å². The first-order chi connectivity index (χ1) is 5.89. The van der Waals surface area contributed by atoms with Gasteiger partial charge in [-0.1, -0.05) is 0 Å². The number of rotatable bonds is 2. The molecular weight excluding hydrogens is 183 g/mol. The molecule has 1 heterocycles. The number of halogens is 3. The molecule has 1 fully saturated rings. The molecule has 1 aliphatic rings. The maximum Gasteiger partial charge on any atom is 0.393 e. The Labute approximate surface area is 75.3 Å². The molecule has 0 aromatic carbocycles. The Morgan fingerprint density at radius 3 is 2.54 bits per heavy atom. The molecular formula is C8H14F3NO. The predicted molar refractivity (Wildman–Crippen MR) is 42.3 cm³/mol. The largest absolute Gasteiger partial charge is 0.393 e. The molecule has 0 spiro atoms. The molecule has 2 unspecified atom stereocenters. The third-order valence-corrected chi connectivity index (χ3v) is 2.26. The third-order valence-electron chi connectivity index (χ3n) is 2.26. The summed E-state index contributed by atoms with van der Waals surface area (Å²) in [5, 5.41) is 8.98. The van der Waals surface area contributed by atoms with Gasteiger partial charge in [-0.3, -0.25) is 0 Å². The van der Waals surface area contributed by atoms with E-state index in [-0.39, 0.29) is 13.0 Å². The minimum absolute atomic E-state index is 0.0361. The number of likely N-dealkylation sites (tertiary alicyclic amines) is 1. The second-order valence-electron chi connectivity index (χ2n) is 3.64. The molecule has 0 aromatic heterocycles. The number of alkyl halides is 3. The molecule has 1 saturated heterocycles. The van der Waals surface area contributed by atoms with Crippen LogP contribution in [-0.4, -0.2) is 41.9 Å². The fraction of sp³-hybridized carbons (Fsp3) is 1.00. The fourth-order valence-electron chi connectivity index (χ4n) is 1.64. The van der Waals surface area contributed by atoms with Crippen LogP contribution in [0.2, 0.25) is 0 Å². The molecule has 0 radical (unpaired) electrons. The number of β-amino-alcohol motifs (C(OH)–C–C–N with tert-alkyl or cyclic N) is 1.